The number of nitrogens with zero attached hydrogens (tertiary/aromatic N) is 3. The van der Waals surface area contributed by atoms with Crippen LogP contribution in [0, 0.1) is 13.8 Å². The molecule has 0 fully saturated rings. The average molecular weight is 244 g/mol. The van der Waals surface area contributed by atoms with Crippen LogP contribution in [0.1, 0.15) is 24.0 Å². The van der Waals surface area contributed by atoms with Crippen molar-refractivity contribution in [3.63, 3.8) is 0 Å². The lowest BCUT2D eigenvalue weighted by Crippen LogP contribution is -2.04. The largest absolute Gasteiger partial charge is 0.437 e. The fourth-order valence-corrected chi connectivity index (χ4v) is 1.44. The summed E-state index contributed by atoms with van der Waals surface area (Å²) in [5.74, 6) is 2.26. The quantitative estimate of drug-likeness (QED) is 0.897. The molecule has 94 valence electrons. The summed E-state index contributed by atoms with van der Waals surface area (Å²) in [5, 5.41) is 0. The number of nitrogen functional groups attached to an aromatic ring is 1. The lowest BCUT2D eigenvalue weighted by Gasteiger charge is -2.10. The van der Waals surface area contributed by atoms with E-state index >= 15 is 0 Å². The number of aryl methyl sites for hydroxylation is 2. The highest BCUT2D eigenvalue weighted by Crippen LogP contribution is 2.25. The highest BCUT2D eigenvalue weighted by molar-refractivity contribution is 5.45. The maximum Gasteiger partial charge on any atom is 0.227 e. The first-order chi connectivity index (χ1) is 8.60. The molecule has 0 atom stereocenters. The van der Waals surface area contributed by atoms with E-state index in [4.69, 9.17) is 10.5 Å². The Labute approximate surface area is 106 Å². The van der Waals surface area contributed by atoms with E-state index in [1.54, 1.807) is 6.20 Å². The van der Waals surface area contributed by atoms with Crippen molar-refractivity contribution in [2.75, 3.05) is 5.73 Å². The Morgan fingerprint density at radius 2 is 2.00 bits per heavy atom. The van der Waals surface area contributed by atoms with E-state index in [2.05, 4.69) is 15.0 Å². The van der Waals surface area contributed by atoms with E-state index in [0.717, 1.165) is 11.3 Å². The maximum atomic E-state index is 5.83. The van der Waals surface area contributed by atoms with Crippen LogP contribution in [0.15, 0.2) is 18.3 Å². The zero-order valence-electron chi connectivity index (χ0n) is 10.8. The van der Waals surface area contributed by atoms with Gasteiger partial charge in [0.05, 0.1) is 11.8 Å². The summed E-state index contributed by atoms with van der Waals surface area (Å²) in [6, 6.07) is 3.74. The van der Waals surface area contributed by atoms with E-state index in [0.29, 0.717) is 29.7 Å². The lowest BCUT2D eigenvalue weighted by atomic mass is 10.3. The van der Waals surface area contributed by atoms with Crippen molar-refractivity contribution in [2.24, 2.45) is 0 Å². The number of nitrogens with two attached hydrogens (primary N) is 1. The third-order valence-corrected chi connectivity index (χ3v) is 2.60. The van der Waals surface area contributed by atoms with Crippen molar-refractivity contribution in [3.05, 3.63) is 35.4 Å². The van der Waals surface area contributed by atoms with E-state index in [9.17, 15) is 0 Å². The van der Waals surface area contributed by atoms with Gasteiger partial charge in [0.1, 0.15) is 17.4 Å². The average Bonchev–Trinajstić information content (AvgIpc) is 2.37. The molecule has 5 nitrogen and oxygen atoms in total. The van der Waals surface area contributed by atoms with Crippen LogP contribution in [-0.2, 0) is 6.42 Å². The topological polar surface area (TPSA) is 73.9 Å². The van der Waals surface area contributed by atoms with Crippen molar-refractivity contribution in [2.45, 2.75) is 27.2 Å². The molecule has 0 spiro atoms. The maximum absolute atomic E-state index is 5.83. The fraction of sp³-hybridized carbons (Fsp3) is 0.308. The molecule has 0 saturated heterocycles. The Morgan fingerprint density at radius 1 is 1.22 bits per heavy atom. The van der Waals surface area contributed by atoms with Gasteiger partial charge in [0, 0.05) is 12.1 Å². The lowest BCUT2D eigenvalue weighted by molar-refractivity contribution is 0.453. The summed E-state index contributed by atoms with van der Waals surface area (Å²) in [6.07, 6.45) is 2.38. The van der Waals surface area contributed by atoms with Gasteiger partial charge in [0.2, 0.25) is 5.88 Å². The van der Waals surface area contributed by atoms with Gasteiger partial charge in [0.15, 0.2) is 0 Å². The minimum absolute atomic E-state index is 0.455. The standard InChI is InChI=1S/C13H16N4O/c1-4-11-16-12(14)9(3)13(17-11)18-10-6-5-8(2)15-7-10/h5-7H,4H2,1-3H3,(H2,14,16,17). The molecule has 0 radical (unpaired) electrons. The predicted molar refractivity (Wildman–Crippen MR) is 69.6 cm³/mol. The second-order valence-corrected chi connectivity index (χ2v) is 4.05. The molecule has 18 heavy (non-hydrogen) atoms. The van der Waals surface area contributed by atoms with Crippen molar-refractivity contribution >= 4 is 5.82 Å². The monoisotopic (exact) mass is 244 g/mol. The summed E-state index contributed by atoms with van der Waals surface area (Å²) >= 11 is 0. The SMILES string of the molecule is CCc1nc(N)c(C)c(Oc2ccc(C)nc2)n1. The van der Waals surface area contributed by atoms with Crippen LogP contribution in [0.25, 0.3) is 0 Å². The van der Waals surface area contributed by atoms with Crippen LogP contribution in [0.5, 0.6) is 11.6 Å². The van der Waals surface area contributed by atoms with Gasteiger partial charge < -0.3 is 10.5 Å². The van der Waals surface area contributed by atoms with Gasteiger partial charge in [-0.1, -0.05) is 6.92 Å². The number of aromatic nitrogens is 3. The number of anilines is 1. The number of ether oxygens (including phenoxy) is 1. The van der Waals surface area contributed by atoms with Gasteiger partial charge in [-0.25, -0.2) is 4.98 Å². The Bertz CT molecular complexity index is 552. The molecular weight excluding hydrogens is 228 g/mol. The molecular formula is C13H16N4O. The second-order valence-electron chi connectivity index (χ2n) is 4.05. The third kappa shape index (κ3) is 2.56. The summed E-state index contributed by atoms with van der Waals surface area (Å²) in [6.45, 7) is 5.74. The Balaban J connectivity index is 2.33. The molecule has 0 aromatic carbocycles. The van der Waals surface area contributed by atoms with Gasteiger partial charge >= 0.3 is 0 Å². The van der Waals surface area contributed by atoms with Crippen molar-refractivity contribution in [1.29, 1.82) is 0 Å². The molecule has 2 aromatic rings. The van der Waals surface area contributed by atoms with E-state index in [1.165, 1.54) is 0 Å². The summed E-state index contributed by atoms with van der Waals surface area (Å²) in [4.78, 5) is 12.7. The molecule has 0 aliphatic rings. The summed E-state index contributed by atoms with van der Waals surface area (Å²) in [7, 11) is 0. The molecule has 0 aliphatic carbocycles. The van der Waals surface area contributed by atoms with Crippen LogP contribution in [0.4, 0.5) is 5.82 Å². The molecule has 2 rings (SSSR count). The first-order valence-corrected chi connectivity index (χ1v) is 5.83. The van der Waals surface area contributed by atoms with Gasteiger partial charge in [0.25, 0.3) is 0 Å². The number of hydrogen-bond acceptors (Lipinski definition) is 5. The van der Waals surface area contributed by atoms with Gasteiger partial charge in [-0.3, -0.25) is 4.98 Å². The number of pyridine rings is 1. The van der Waals surface area contributed by atoms with E-state index in [1.807, 2.05) is 32.9 Å². The molecule has 0 bridgehead atoms. The summed E-state index contributed by atoms with van der Waals surface area (Å²) in [5.41, 5.74) is 7.51. The zero-order chi connectivity index (χ0) is 13.1. The Kier molecular flexibility index (Phi) is 3.41. The Morgan fingerprint density at radius 3 is 2.61 bits per heavy atom. The first-order valence-electron chi connectivity index (χ1n) is 5.83. The minimum atomic E-state index is 0.455. The van der Waals surface area contributed by atoms with Gasteiger partial charge in [-0.2, -0.15) is 4.98 Å². The van der Waals surface area contributed by atoms with Crippen LogP contribution in [-0.4, -0.2) is 15.0 Å². The van der Waals surface area contributed by atoms with Crippen LogP contribution in [0.2, 0.25) is 0 Å². The number of hydrogen-bond donors (Lipinski definition) is 1. The van der Waals surface area contributed by atoms with Gasteiger partial charge in [-0.15, -0.1) is 0 Å². The molecule has 0 aliphatic heterocycles. The molecule has 2 heterocycles. The first kappa shape index (κ1) is 12.3. The Hall–Kier alpha value is -2.17. The van der Waals surface area contributed by atoms with Crippen LogP contribution in [0.3, 0.4) is 0 Å². The highest BCUT2D eigenvalue weighted by Gasteiger charge is 2.10. The highest BCUT2D eigenvalue weighted by atomic mass is 16.5. The van der Waals surface area contributed by atoms with E-state index < -0.39 is 0 Å². The molecule has 0 amide bonds. The third-order valence-electron chi connectivity index (χ3n) is 2.60. The van der Waals surface area contributed by atoms with Crippen molar-refractivity contribution in [1.82, 2.24) is 15.0 Å². The molecule has 0 unspecified atom stereocenters. The van der Waals surface area contributed by atoms with Crippen molar-refractivity contribution < 1.29 is 4.74 Å². The van der Waals surface area contributed by atoms with Crippen LogP contribution < -0.4 is 10.5 Å². The number of rotatable bonds is 3. The molecule has 2 N–H and O–H groups in total. The van der Waals surface area contributed by atoms with Crippen molar-refractivity contribution in [3.8, 4) is 11.6 Å². The second kappa shape index (κ2) is 5.00. The minimum Gasteiger partial charge on any atom is -0.437 e. The smallest absolute Gasteiger partial charge is 0.227 e. The summed E-state index contributed by atoms with van der Waals surface area (Å²) < 4.78 is 5.69. The van der Waals surface area contributed by atoms with E-state index in [-0.39, 0.29) is 0 Å². The molecule has 2 aromatic heterocycles. The normalized spacial score (nSPS) is 10.4. The predicted octanol–water partition coefficient (Wildman–Crippen LogP) is 2.43. The fourth-order valence-electron chi connectivity index (χ4n) is 1.44. The molecule has 5 heteroatoms. The molecule has 0 saturated carbocycles. The van der Waals surface area contributed by atoms with Gasteiger partial charge in [-0.05, 0) is 26.0 Å². The van der Waals surface area contributed by atoms with Crippen LogP contribution >= 0.6 is 0 Å². The zero-order valence-corrected chi connectivity index (χ0v) is 10.8.